The number of ether oxygens (including phenoxy) is 4. The van der Waals surface area contributed by atoms with Gasteiger partial charge in [-0.2, -0.15) is 11.8 Å². The monoisotopic (exact) mass is 1730 g/mol. The number of nitrogens with zero attached hydrogens (tertiary/aromatic N) is 8. The summed E-state index contributed by atoms with van der Waals surface area (Å²) in [4.78, 5) is 153. The second kappa shape index (κ2) is 39.9. The number of fused-ring (bicyclic) bond motifs is 2. The van der Waals surface area contributed by atoms with Gasteiger partial charge >= 0.3 is 0 Å². The van der Waals surface area contributed by atoms with Gasteiger partial charge in [-0.05, 0) is 180 Å². The van der Waals surface area contributed by atoms with Gasteiger partial charge in [-0.15, -0.1) is 0 Å². The largest absolute Gasteiger partial charge is 0.472 e. The predicted octanol–water partition coefficient (Wildman–Crippen LogP) is 17.0. The van der Waals surface area contributed by atoms with Crippen LogP contribution in [0.5, 0.6) is 0 Å². The van der Waals surface area contributed by atoms with E-state index in [2.05, 4.69) is 61.1 Å². The number of thioether (sulfide) groups is 1. The van der Waals surface area contributed by atoms with Crippen molar-refractivity contribution in [3.8, 4) is 45.4 Å². The van der Waals surface area contributed by atoms with Crippen LogP contribution in [0.4, 0.5) is 20.5 Å². The molecular weight excluding hydrogens is 1650 g/mol. The number of anilines is 4. The Morgan fingerprint density at radius 2 is 0.835 bits per heavy atom. The maximum atomic E-state index is 13.2. The molecule has 0 saturated carbocycles. The summed E-state index contributed by atoms with van der Waals surface area (Å²) < 4.78 is 42.8. The van der Waals surface area contributed by atoms with Crippen molar-refractivity contribution in [2.75, 3.05) is 79.9 Å². The molecule has 0 unspecified atom stereocenters. The number of carbonyl (C=O) groups is 9. The lowest BCUT2D eigenvalue weighted by molar-refractivity contribution is 0.0546. The Morgan fingerprint density at radius 3 is 1.24 bits per heavy atom. The van der Waals surface area contributed by atoms with E-state index in [0.29, 0.717) is 207 Å². The first-order chi connectivity index (χ1) is 59.0. The molecule has 4 N–H and O–H groups in total. The number of pyridine rings is 4. The number of carbonyl (C=O) groups excluding carboxylic acids is 9. The lowest BCUT2D eigenvalue weighted by atomic mass is 9.93. The number of rotatable bonds is 22. The Labute approximate surface area is 714 Å². The summed E-state index contributed by atoms with van der Waals surface area (Å²) in [5.74, 6) is 1.08. The van der Waals surface area contributed by atoms with Crippen LogP contribution in [0.25, 0.3) is 45.4 Å². The van der Waals surface area contributed by atoms with E-state index < -0.39 is 5.91 Å². The molecule has 0 radical (unpaired) electrons. The van der Waals surface area contributed by atoms with Crippen LogP contribution < -0.4 is 21.3 Å². The summed E-state index contributed by atoms with van der Waals surface area (Å²) in [6, 6.07) is 17.6. The minimum Gasteiger partial charge on any atom is -0.472 e. The third-order valence-electron chi connectivity index (χ3n) is 21.2. The molecule has 6 aliphatic rings. The summed E-state index contributed by atoms with van der Waals surface area (Å²) in [6.45, 7) is 9.75. The molecule has 12 aromatic rings. The van der Waals surface area contributed by atoms with E-state index in [0.717, 1.165) is 88.6 Å². The van der Waals surface area contributed by atoms with Crippen molar-refractivity contribution in [2.45, 2.75) is 110 Å². The molecule has 18 rings (SSSR count). The van der Waals surface area contributed by atoms with E-state index in [1.807, 2.05) is 30.8 Å². The molecule has 0 bridgehead atoms. The molecule has 4 saturated heterocycles. The number of furan rings is 4. The summed E-state index contributed by atoms with van der Waals surface area (Å²) in [5, 5.41) is 12.7. The first-order valence-corrected chi connectivity index (χ1v) is 44.2. The molecule has 624 valence electrons. The van der Waals surface area contributed by atoms with Crippen LogP contribution >= 0.6 is 57.1 Å². The highest BCUT2D eigenvalue weighted by Crippen LogP contribution is 2.41. The number of aryl methyl sites for hydroxylation is 5. The summed E-state index contributed by atoms with van der Waals surface area (Å²) >= 11 is 6.56. The third-order valence-corrected chi connectivity index (χ3v) is 26.1. The molecule has 0 aromatic carbocycles. The quantitative estimate of drug-likeness (QED) is 0.0458. The molecule has 4 fully saturated rings. The Balaban J connectivity index is 0.000000126. The van der Waals surface area contributed by atoms with Crippen LogP contribution in [0, 0.1) is 30.6 Å². The number of Topliss-reactive ketones (excluding diaryl/α,β-unsaturated/α-hetero) is 5. The molecule has 34 heteroatoms. The van der Waals surface area contributed by atoms with Crippen LogP contribution in [0.1, 0.15) is 196 Å². The van der Waals surface area contributed by atoms with E-state index in [1.54, 1.807) is 93.0 Å². The normalized spacial score (nSPS) is 15.5. The lowest BCUT2D eigenvalue weighted by Gasteiger charge is -2.20. The van der Waals surface area contributed by atoms with E-state index in [4.69, 9.17) is 36.6 Å². The van der Waals surface area contributed by atoms with Gasteiger partial charge in [-0.25, -0.2) is 19.9 Å². The molecule has 0 spiro atoms. The fourth-order valence-electron chi connectivity index (χ4n) is 14.5. The van der Waals surface area contributed by atoms with E-state index in [9.17, 15) is 43.2 Å². The topological polar surface area (TPSA) is 394 Å². The molecular formula is C87H84N12O17S5. The molecule has 17 heterocycles. The molecule has 29 nitrogen and oxygen atoms in total. The Hall–Kier alpha value is -11.3. The van der Waals surface area contributed by atoms with Crippen molar-refractivity contribution in [3.05, 3.63) is 210 Å². The minimum absolute atomic E-state index is 0.0245. The molecule has 1 aliphatic carbocycles. The van der Waals surface area contributed by atoms with Crippen LogP contribution in [0.15, 0.2) is 147 Å². The first kappa shape index (κ1) is 84.7. The lowest BCUT2D eigenvalue weighted by Crippen LogP contribution is -2.23. The van der Waals surface area contributed by atoms with Gasteiger partial charge in [0.1, 0.15) is 30.9 Å². The molecule has 4 amide bonds. The second-order valence-corrected chi connectivity index (χ2v) is 34.4. The van der Waals surface area contributed by atoms with E-state index in [-0.39, 0.29) is 81.0 Å². The average Bonchev–Trinajstić information content (AvgIpc) is 1.67. The Kier molecular flexibility index (Phi) is 27.9. The maximum Gasteiger partial charge on any atom is 0.259 e. The minimum atomic E-state index is -0.459. The number of aromatic nitrogens is 8. The number of amides is 4. The number of ketones is 5. The van der Waals surface area contributed by atoms with Crippen molar-refractivity contribution >= 4 is 130 Å². The fourth-order valence-corrected chi connectivity index (χ4v) is 19.4. The first-order valence-electron chi connectivity index (χ1n) is 39.8. The highest BCUT2D eigenvalue weighted by atomic mass is 32.2. The van der Waals surface area contributed by atoms with Gasteiger partial charge < -0.3 is 36.6 Å². The van der Waals surface area contributed by atoms with Gasteiger partial charge in [0.25, 0.3) is 23.6 Å². The van der Waals surface area contributed by atoms with Crippen molar-refractivity contribution in [1.82, 2.24) is 39.9 Å². The van der Waals surface area contributed by atoms with E-state index in [1.165, 1.54) is 71.9 Å². The fraction of sp³-hybridized carbons (Fsp3) is 0.345. The summed E-state index contributed by atoms with van der Waals surface area (Å²) in [7, 11) is 0. The number of hydrogen-bond donors (Lipinski definition) is 4. The van der Waals surface area contributed by atoms with Crippen LogP contribution in [-0.4, -0.2) is 151 Å². The van der Waals surface area contributed by atoms with Crippen LogP contribution in [-0.2, 0) is 50.4 Å². The van der Waals surface area contributed by atoms with Gasteiger partial charge in [0, 0.05) is 147 Å². The molecule has 121 heavy (non-hydrogen) atoms. The number of thiazole rings is 4. The van der Waals surface area contributed by atoms with Crippen molar-refractivity contribution in [1.29, 1.82) is 0 Å². The van der Waals surface area contributed by atoms with E-state index >= 15 is 0 Å². The molecule has 0 atom stereocenters. The SMILES string of the molecule is CC(=O)c1cc(C(=O)Nc2nc(-c3ccco3)c(C(=O)C3CCOCC3)s2)cnc1C.CCc1cncc(C(=O)Nc2nc(-c3ccoc3)c(C(=O)C3CCOCC3)s2)c1.O=C(Nc1nc(-c2ccco2)c(C(=O)C2CCOCC2)s1)c1cnc2c(c1)CSCC2.O=C(Nc1nc(-c2ccoc2)c(C(=O)C2CCOCC2)s1)c1cnc2c(c1)CCC2. The van der Waals surface area contributed by atoms with Crippen LogP contribution in [0.3, 0.4) is 0 Å². The van der Waals surface area contributed by atoms with Gasteiger partial charge in [0.15, 0.2) is 61.0 Å². The Bertz CT molecular complexity index is 5710. The third kappa shape index (κ3) is 20.7. The summed E-state index contributed by atoms with van der Waals surface area (Å²) in [5.41, 5.74) is 11.4. The second-order valence-electron chi connectivity index (χ2n) is 29.3. The van der Waals surface area contributed by atoms with Gasteiger partial charge in [0.2, 0.25) is 0 Å². The average molecular weight is 1730 g/mol. The zero-order valence-corrected chi connectivity index (χ0v) is 70.3. The van der Waals surface area contributed by atoms with Gasteiger partial charge in [-0.3, -0.25) is 84.4 Å². The highest BCUT2D eigenvalue weighted by Gasteiger charge is 2.35. The van der Waals surface area contributed by atoms with Crippen molar-refractivity contribution < 1.29 is 79.8 Å². The maximum absolute atomic E-state index is 13.2. The zero-order chi connectivity index (χ0) is 83.9. The van der Waals surface area contributed by atoms with Crippen molar-refractivity contribution in [2.24, 2.45) is 23.7 Å². The van der Waals surface area contributed by atoms with Gasteiger partial charge in [0.05, 0.1) is 71.2 Å². The molecule has 5 aliphatic heterocycles. The standard InChI is InChI=1S/C22H21N3O5S.C22H21N3O4S2.C22H21N3O4S.C21H21N3O4S/c1-12-16(13(2)26)10-15(11-23-12)21(28)25-22-24-18(17-4-3-7-30-17)20(31-22)19(27)14-5-8-29-9-6-14;26-19(13-3-7-28-8-4-13)20-18(17-2-1-6-29-17)24-22(31-20)25-21(27)14-10-15-12-30-9-5-16(15)23-11-14;26-19(13-4-7-28-8-5-13)20-18(15-6-9-29-12-15)24-22(30-20)25-21(27)16-10-14-2-1-3-17(14)23-11-16;1-2-13-9-16(11-22-10-13)20(26)24-21-23-17(15-5-8-28-12-15)19(29-21)18(25)14-3-6-27-7-4-14/h3-4,7,10-11,14H,5-6,8-9H2,1-2H3,(H,24,25,28);1-2,6,10-11,13H,3-5,7-9,12H2,(H,24,25,27);6,9-13H,1-5,7-8H2,(H,24,25,27);5,8-12,14H,2-4,6-7H2,1H3,(H,23,24,26). The van der Waals surface area contributed by atoms with Gasteiger partial charge in [-0.1, -0.05) is 52.3 Å². The van der Waals surface area contributed by atoms with Crippen LogP contribution in [0.2, 0.25) is 0 Å². The predicted molar refractivity (Wildman–Crippen MR) is 456 cm³/mol. The van der Waals surface area contributed by atoms with Crippen molar-refractivity contribution in [3.63, 3.8) is 0 Å². The molecule has 12 aromatic heterocycles. The smallest absolute Gasteiger partial charge is 0.259 e. The summed E-state index contributed by atoms with van der Waals surface area (Å²) in [6.07, 6.45) is 27.3. The number of hydrogen-bond acceptors (Lipinski definition) is 30. The number of nitrogens with one attached hydrogen (secondary N) is 4. The Morgan fingerprint density at radius 1 is 0.438 bits per heavy atom. The zero-order valence-electron chi connectivity index (χ0n) is 66.3. The highest BCUT2D eigenvalue weighted by molar-refractivity contribution is 7.98.